The van der Waals surface area contributed by atoms with Crippen LogP contribution in [0.3, 0.4) is 0 Å². The van der Waals surface area contributed by atoms with Crippen molar-refractivity contribution in [3.8, 4) is 0 Å². The molecular formula is C13H14N2O3. The maximum absolute atomic E-state index is 12.2. The molecule has 0 radical (unpaired) electrons. The number of amides is 2. The molecule has 1 fully saturated rings. The molecule has 5 heteroatoms. The van der Waals surface area contributed by atoms with E-state index >= 15 is 0 Å². The Hall–Kier alpha value is -1.88. The number of fused-ring (bicyclic) bond motifs is 3. The number of nitrogens with zero attached hydrogens (tertiary/aromatic N) is 1. The number of carbonyl (C=O) groups excluding carboxylic acids is 2. The minimum absolute atomic E-state index is 0.382. The molecule has 18 heavy (non-hydrogen) atoms. The van der Waals surface area contributed by atoms with Crippen molar-refractivity contribution in [3.05, 3.63) is 35.4 Å². The van der Waals surface area contributed by atoms with Gasteiger partial charge in [-0.2, -0.15) is 0 Å². The van der Waals surface area contributed by atoms with Gasteiger partial charge in [-0.15, -0.1) is 0 Å². The van der Waals surface area contributed by atoms with Gasteiger partial charge in [-0.3, -0.25) is 4.79 Å². The van der Waals surface area contributed by atoms with E-state index in [4.69, 9.17) is 0 Å². The highest BCUT2D eigenvalue weighted by molar-refractivity contribution is 6.10. The van der Waals surface area contributed by atoms with Crippen LogP contribution in [0.5, 0.6) is 0 Å². The second-order valence-electron chi connectivity index (χ2n) is 4.71. The molecule has 2 atom stereocenters. The third-order valence-corrected chi connectivity index (χ3v) is 3.58. The summed E-state index contributed by atoms with van der Waals surface area (Å²) in [4.78, 5) is 25.6. The molecule has 3 rings (SSSR count). The largest absolute Gasteiger partial charge is 0.362 e. The Bertz CT molecular complexity index is 543. The first-order chi connectivity index (χ1) is 8.59. The van der Waals surface area contributed by atoms with Crippen LogP contribution in [0.1, 0.15) is 35.3 Å². The number of carbonyl (C=O) groups is 2. The highest BCUT2D eigenvalue weighted by atomic mass is 16.3. The average molecular weight is 246 g/mol. The molecule has 0 bridgehead atoms. The van der Waals surface area contributed by atoms with Gasteiger partial charge in [0, 0.05) is 12.1 Å². The van der Waals surface area contributed by atoms with Crippen LogP contribution in [-0.2, 0) is 0 Å². The van der Waals surface area contributed by atoms with E-state index in [1.807, 2.05) is 13.0 Å². The van der Waals surface area contributed by atoms with Crippen LogP contribution in [0.15, 0.2) is 24.3 Å². The third-order valence-electron chi connectivity index (χ3n) is 3.58. The minimum atomic E-state index is -1.80. The molecule has 2 aliphatic rings. The van der Waals surface area contributed by atoms with Gasteiger partial charge in [0.1, 0.15) is 6.04 Å². The Kier molecular flexibility index (Phi) is 2.22. The topological polar surface area (TPSA) is 69.6 Å². The Morgan fingerprint density at radius 3 is 2.83 bits per heavy atom. The SMILES string of the molecule is CCCN1C(=O)NC2(O)C(=O)c3ccccc3C12. The standard InChI is InChI=1S/C13H14N2O3/c1-2-7-15-10-8-5-3-4-6-9(8)11(16)13(10,18)14-12(15)17/h3-6,10,18H,2,7H2,1H3,(H,14,17). The zero-order valence-corrected chi connectivity index (χ0v) is 10.0. The van der Waals surface area contributed by atoms with Crippen LogP contribution in [0.25, 0.3) is 0 Å². The summed E-state index contributed by atoms with van der Waals surface area (Å²) in [6, 6.07) is 6.06. The lowest BCUT2D eigenvalue weighted by molar-refractivity contribution is 0.00777. The van der Waals surface area contributed by atoms with E-state index in [-0.39, 0.29) is 6.03 Å². The lowest BCUT2D eigenvalue weighted by atomic mass is 10.0. The third kappa shape index (κ3) is 1.19. The highest BCUT2D eigenvalue weighted by Gasteiger charge is 2.61. The summed E-state index contributed by atoms with van der Waals surface area (Å²) in [5, 5.41) is 12.9. The number of hydrogen-bond donors (Lipinski definition) is 2. The van der Waals surface area contributed by atoms with Crippen molar-refractivity contribution in [2.24, 2.45) is 0 Å². The lowest BCUT2D eigenvalue weighted by Crippen LogP contribution is -2.48. The molecular weight excluding hydrogens is 232 g/mol. The van der Waals surface area contributed by atoms with Crippen molar-refractivity contribution in [1.29, 1.82) is 0 Å². The van der Waals surface area contributed by atoms with E-state index < -0.39 is 17.6 Å². The number of hydrogen-bond acceptors (Lipinski definition) is 3. The van der Waals surface area contributed by atoms with E-state index in [2.05, 4.69) is 5.32 Å². The molecule has 5 nitrogen and oxygen atoms in total. The zero-order valence-electron chi connectivity index (χ0n) is 10.0. The van der Waals surface area contributed by atoms with E-state index in [9.17, 15) is 14.7 Å². The fourth-order valence-corrected chi connectivity index (χ4v) is 2.84. The highest BCUT2D eigenvalue weighted by Crippen LogP contribution is 2.45. The van der Waals surface area contributed by atoms with E-state index in [1.54, 1.807) is 18.2 Å². The molecule has 1 heterocycles. The maximum atomic E-state index is 12.2. The fraction of sp³-hybridized carbons (Fsp3) is 0.385. The van der Waals surface area contributed by atoms with Gasteiger partial charge in [0.05, 0.1) is 0 Å². The Labute approximate surface area is 104 Å². The normalized spacial score (nSPS) is 29.2. The van der Waals surface area contributed by atoms with Crippen molar-refractivity contribution < 1.29 is 14.7 Å². The number of rotatable bonds is 2. The monoisotopic (exact) mass is 246 g/mol. The average Bonchev–Trinajstić information content (AvgIpc) is 2.72. The van der Waals surface area contributed by atoms with Crippen LogP contribution in [0.2, 0.25) is 0 Å². The second kappa shape index (κ2) is 3.55. The molecule has 1 aliphatic heterocycles. The van der Waals surface area contributed by atoms with Gasteiger partial charge in [0.2, 0.25) is 11.5 Å². The summed E-state index contributed by atoms with van der Waals surface area (Å²) in [6.07, 6.45) is 0.774. The van der Waals surface area contributed by atoms with Gasteiger partial charge < -0.3 is 15.3 Å². The number of benzene rings is 1. The van der Waals surface area contributed by atoms with Crippen molar-refractivity contribution >= 4 is 11.8 Å². The molecule has 0 aromatic heterocycles. The molecule has 1 saturated heterocycles. The summed E-state index contributed by atoms with van der Waals surface area (Å²) in [6.45, 7) is 2.47. The smallest absolute Gasteiger partial charge is 0.320 e. The van der Waals surface area contributed by atoms with Crippen LogP contribution in [0, 0.1) is 0 Å². The van der Waals surface area contributed by atoms with Crippen molar-refractivity contribution in [1.82, 2.24) is 10.2 Å². The van der Waals surface area contributed by atoms with Crippen LogP contribution in [0.4, 0.5) is 4.79 Å². The second-order valence-corrected chi connectivity index (χ2v) is 4.71. The first kappa shape index (κ1) is 11.2. The van der Waals surface area contributed by atoms with E-state index in [1.165, 1.54) is 4.90 Å². The molecule has 2 unspecified atom stereocenters. The number of aliphatic hydroxyl groups is 1. The Morgan fingerprint density at radius 2 is 2.11 bits per heavy atom. The number of nitrogens with one attached hydrogen (secondary N) is 1. The Balaban J connectivity index is 2.14. The van der Waals surface area contributed by atoms with Gasteiger partial charge in [-0.05, 0) is 12.0 Å². The summed E-state index contributed by atoms with van der Waals surface area (Å²) in [5.74, 6) is -0.421. The zero-order chi connectivity index (χ0) is 12.9. The minimum Gasteiger partial charge on any atom is -0.362 e. The maximum Gasteiger partial charge on any atom is 0.320 e. The quantitative estimate of drug-likeness (QED) is 0.819. The van der Waals surface area contributed by atoms with Crippen LogP contribution < -0.4 is 5.32 Å². The summed E-state index contributed by atoms with van der Waals surface area (Å²) >= 11 is 0. The first-order valence-corrected chi connectivity index (χ1v) is 6.04. The molecule has 1 aromatic carbocycles. The summed E-state index contributed by atoms with van der Waals surface area (Å²) in [7, 11) is 0. The predicted octanol–water partition coefficient (Wildman–Crippen LogP) is 1.05. The van der Waals surface area contributed by atoms with Gasteiger partial charge >= 0.3 is 6.03 Å². The van der Waals surface area contributed by atoms with E-state index in [0.29, 0.717) is 12.1 Å². The molecule has 0 spiro atoms. The molecule has 1 aliphatic carbocycles. The molecule has 94 valence electrons. The molecule has 0 saturated carbocycles. The van der Waals surface area contributed by atoms with Crippen LogP contribution >= 0.6 is 0 Å². The van der Waals surface area contributed by atoms with Crippen LogP contribution in [-0.4, -0.2) is 34.1 Å². The lowest BCUT2D eigenvalue weighted by Gasteiger charge is -2.25. The number of Topliss-reactive ketones (excluding diaryl/α,β-unsaturated/α-hetero) is 1. The first-order valence-electron chi connectivity index (χ1n) is 6.04. The molecule has 2 amide bonds. The van der Waals surface area contributed by atoms with Gasteiger partial charge in [0.25, 0.3) is 0 Å². The molecule has 2 N–H and O–H groups in total. The van der Waals surface area contributed by atoms with Gasteiger partial charge in [0.15, 0.2) is 0 Å². The van der Waals surface area contributed by atoms with Gasteiger partial charge in [-0.1, -0.05) is 31.2 Å². The number of urea groups is 1. The predicted molar refractivity (Wildman–Crippen MR) is 64.0 cm³/mol. The summed E-state index contributed by atoms with van der Waals surface area (Å²) in [5.41, 5.74) is -0.585. The summed E-state index contributed by atoms with van der Waals surface area (Å²) < 4.78 is 0. The molecule has 1 aromatic rings. The van der Waals surface area contributed by atoms with E-state index in [0.717, 1.165) is 12.0 Å². The van der Waals surface area contributed by atoms with Crippen molar-refractivity contribution in [3.63, 3.8) is 0 Å². The Morgan fingerprint density at radius 1 is 1.39 bits per heavy atom. The van der Waals surface area contributed by atoms with Crippen molar-refractivity contribution in [2.75, 3.05) is 6.54 Å². The number of ketones is 1. The van der Waals surface area contributed by atoms with Crippen molar-refractivity contribution in [2.45, 2.75) is 25.1 Å². The van der Waals surface area contributed by atoms with Gasteiger partial charge in [-0.25, -0.2) is 4.79 Å². The fourth-order valence-electron chi connectivity index (χ4n) is 2.84.